The molecule has 3 nitrogen and oxygen atoms in total. The lowest BCUT2D eigenvalue weighted by Crippen LogP contribution is -2.43. The van der Waals surface area contributed by atoms with Gasteiger partial charge in [-0.3, -0.25) is 14.5 Å². The zero-order chi connectivity index (χ0) is 16.2. The van der Waals surface area contributed by atoms with E-state index in [1.54, 1.807) is 0 Å². The monoisotopic (exact) mass is 307 g/mol. The van der Waals surface area contributed by atoms with E-state index in [4.69, 9.17) is 0 Å². The van der Waals surface area contributed by atoms with Gasteiger partial charge in [0.05, 0.1) is 0 Å². The lowest BCUT2D eigenvalue weighted by atomic mass is 9.88. The van der Waals surface area contributed by atoms with Crippen LogP contribution in [0.5, 0.6) is 0 Å². The van der Waals surface area contributed by atoms with Gasteiger partial charge >= 0.3 is 0 Å². The highest BCUT2D eigenvalue weighted by Gasteiger charge is 2.32. The predicted molar refractivity (Wildman–Crippen MR) is 90.0 cm³/mol. The first kappa shape index (κ1) is 15.5. The van der Waals surface area contributed by atoms with Crippen molar-refractivity contribution in [2.75, 3.05) is 6.54 Å². The van der Waals surface area contributed by atoms with Crippen molar-refractivity contribution >= 4 is 11.8 Å². The molecule has 0 saturated carbocycles. The van der Waals surface area contributed by atoms with Crippen LogP contribution in [-0.4, -0.2) is 23.3 Å². The van der Waals surface area contributed by atoms with Crippen molar-refractivity contribution in [1.29, 1.82) is 0 Å². The Balaban J connectivity index is 1.64. The van der Waals surface area contributed by atoms with Crippen molar-refractivity contribution in [1.82, 2.24) is 4.90 Å². The van der Waals surface area contributed by atoms with E-state index in [-0.39, 0.29) is 17.7 Å². The topological polar surface area (TPSA) is 37.4 Å². The van der Waals surface area contributed by atoms with E-state index in [1.165, 1.54) is 10.5 Å². The Kier molecular flexibility index (Phi) is 4.56. The molecule has 1 heterocycles. The van der Waals surface area contributed by atoms with Gasteiger partial charge in [-0.2, -0.15) is 0 Å². The van der Waals surface area contributed by atoms with Crippen LogP contribution in [0.1, 0.15) is 35.4 Å². The number of amides is 2. The molecule has 0 N–H and O–H groups in total. The van der Waals surface area contributed by atoms with Crippen LogP contribution in [0, 0.1) is 6.92 Å². The third kappa shape index (κ3) is 3.67. The fourth-order valence-corrected chi connectivity index (χ4v) is 3.06. The van der Waals surface area contributed by atoms with Crippen LogP contribution < -0.4 is 0 Å². The summed E-state index contributed by atoms with van der Waals surface area (Å²) >= 11 is 0. The molecule has 0 unspecified atom stereocenters. The third-order valence-electron chi connectivity index (χ3n) is 4.46. The van der Waals surface area contributed by atoms with Crippen molar-refractivity contribution in [3.05, 3.63) is 71.3 Å². The van der Waals surface area contributed by atoms with E-state index in [2.05, 4.69) is 0 Å². The van der Waals surface area contributed by atoms with Gasteiger partial charge in [-0.15, -0.1) is 0 Å². The molecule has 1 aliphatic rings. The second kappa shape index (κ2) is 6.78. The van der Waals surface area contributed by atoms with Gasteiger partial charge in [-0.1, -0.05) is 60.2 Å². The number of likely N-dealkylation sites (tertiary alicyclic amines) is 1. The maximum atomic E-state index is 12.4. The highest BCUT2D eigenvalue weighted by molar-refractivity contribution is 5.98. The van der Waals surface area contributed by atoms with Crippen molar-refractivity contribution in [3.8, 4) is 0 Å². The highest BCUT2D eigenvalue weighted by atomic mass is 16.2. The van der Waals surface area contributed by atoms with Crippen LogP contribution in [0.25, 0.3) is 0 Å². The molecule has 1 fully saturated rings. The summed E-state index contributed by atoms with van der Waals surface area (Å²) in [6.45, 7) is 2.51. The summed E-state index contributed by atoms with van der Waals surface area (Å²) in [5.74, 6) is -0.0888. The summed E-state index contributed by atoms with van der Waals surface area (Å²) < 4.78 is 0. The summed E-state index contributed by atoms with van der Waals surface area (Å²) in [6.07, 6.45) is 1.56. The maximum Gasteiger partial charge on any atom is 0.229 e. The molecule has 3 rings (SSSR count). The fourth-order valence-electron chi connectivity index (χ4n) is 3.06. The lowest BCUT2D eigenvalue weighted by Gasteiger charge is -2.30. The van der Waals surface area contributed by atoms with Crippen LogP contribution in [0.15, 0.2) is 54.6 Å². The van der Waals surface area contributed by atoms with E-state index in [9.17, 15) is 9.59 Å². The molecule has 1 saturated heterocycles. The van der Waals surface area contributed by atoms with Crippen LogP contribution in [-0.2, 0) is 16.0 Å². The molecule has 1 aliphatic heterocycles. The molecule has 0 aliphatic carbocycles. The first-order valence-electron chi connectivity index (χ1n) is 8.07. The van der Waals surface area contributed by atoms with Crippen molar-refractivity contribution in [3.63, 3.8) is 0 Å². The number of hydrogen-bond acceptors (Lipinski definition) is 2. The Morgan fingerprint density at radius 1 is 0.913 bits per heavy atom. The molecule has 3 heteroatoms. The zero-order valence-corrected chi connectivity index (χ0v) is 13.4. The van der Waals surface area contributed by atoms with Crippen LogP contribution in [0.3, 0.4) is 0 Å². The normalized spacial score (nSPS) is 16.0. The summed E-state index contributed by atoms with van der Waals surface area (Å²) in [5.41, 5.74) is 3.42. The van der Waals surface area contributed by atoms with Gasteiger partial charge < -0.3 is 0 Å². The van der Waals surface area contributed by atoms with E-state index in [0.717, 1.165) is 11.1 Å². The van der Waals surface area contributed by atoms with Gasteiger partial charge in [0.2, 0.25) is 11.8 Å². The SMILES string of the molecule is Cc1ccc(C2CC(=O)N(CCc3ccccc3)C(=O)C2)cc1. The number of rotatable bonds is 4. The Hall–Kier alpha value is -2.42. The second-order valence-corrected chi connectivity index (χ2v) is 6.19. The summed E-state index contributed by atoms with van der Waals surface area (Å²) in [7, 11) is 0. The van der Waals surface area contributed by atoms with Gasteiger partial charge in [0.25, 0.3) is 0 Å². The van der Waals surface area contributed by atoms with Crippen LogP contribution in [0.2, 0.25) is 0 Å². The number of aryl methyl sites for hydroxylation is 1. The van der Waals surface area contributed by atoms with Gasteiger partial charge in [-0.05, 0) is 24.5 Å². The number of carbonyl (C=O) groups is 2. The molecule has 0 radical (unpaired) electrons. The Morgan fingerprint density at radius 2 is 1.52 bits per heavy atom. The molecule has 0 atom stereocenters. The lowest BCUT2D eigenvalue weighted by molar-refractivity contribution is -0.148. The standard InChI is InChI=1S/C20H21NO2/c1-15-7-9-17(10-8-15)18-13-19(22)21(20(23)14-18)12-11-16-5-3-2-4-6-16/h2-10,18H,11-14H2,1H3. The van der Waals surface area contributed by atoms with Gasteiger partial charge in [0.1, 0.15) is 0 Å². The quantitative estimate of drug-likeness (QED) is 0.811. The predicted octanol–water partition coefficient (Wildman–Crippen LogP) is 3.47. The number of hydrogen-bond donors (Lipinski definition) is 0. The zero-order valence-electron chi connectivity index (χ0n) is 13.4. The molecule has 0 spiro atoms. The molecule has 2 aromatic rings. The summed E-state index contributed by atoms with van der Waals surface area (Å²) in [6, 6.07) is 18.1. The summed E-state index contributed by atoms with van der Waals surface area (Å²) in [4.78, 5) is 26.2. The molecular weight excluding hydrogens is 286 g/mol. The highest BCUT2D eigenvalue weighted by Crippen LogP contribution is 2.29. The van der Waals surface area contributed by atoms with Crippen molar-refractivity contribution in [2.24, 2.45) is 0 Å². The first-order chi connectivity index (χ1) is 11.1. The van der Waals surface area contributed by atoms with Gasteiger partial charge in [-0.25, -0.2) is 0 Å². The molecule has 23 heavy (non-hydrogen) atoms. The van der Waals surface area contributed by atoms with Crippen LogP contribution >= 0.6 is 0 Å². The fraction of sp³-hybridized carbons (Fsp3) is 0.300. The average Bonchev–Trinajstić information content (AvgIpc) is 2.55. The van der Waals surface area contributed by atoms with Gasteiger partial charge in [0.15, 0.2) is 0 Å². The minimum Gasteiger partial charge on any atom is -0.282 e. The van der Waals surface area contributed by atoms with E-state index in [0.29, 0.717) is 25.8 Å². The number of benzene rings is 2. The molecule has 118 valence electrons. The Bertz CT molecular complexity index is 673. The number of imide groups is 1. The number of nitrogens with zero attached hydrogens (tertiary/aromatic N) is 1. The van der Waals surface area contributed by atoms with Crippen molar-refractivity contribution in [2.45, 2.75) is 32.1 Å². The summed E-state index contributed by atoms with van der Waals surface area (Å²) in [5, 5.41) is 0. The van der Waals surface area contributed by atoms with Gasteiger partial charge in [0, 0.05) is 25.3 Å². The first-order valence-corrected chi connectivity index (χ1v) is 8.07. The Morgan fingerprint density at radius 3 is 2.13 bits per heavy atom. The van der Waals surface area contributed by atoms with Crippen LogP contribution in [0.4, 0.5) is 0 Å². The number of piperidine rings is 1. The molecule has 0 bridgehead atoms. The minimum absolute atomic E-state index is 0.0172. The number of carbonyl (C=O) groups excluding carboxylic acids is 2. The minimum atomic E-state index is -0.0530. The van der Waals surface area contributed by atoms with E-state index < -0.39 is 0 Å². The molecule has 0 aromatic heterocycles. The smallest absolute Gasteiger partial charge is 0.229 e. The van der Waals surface area contributed by atoms with E-state index >= 15 is 0 Å². The Labute approximate surface area is 136 Å². The second-order valence-electron chi connectivity index (χ2n) is 6.19. The largest absolute Gasteiger partial charge is 0.282 e. The molecule has 2 amide bonds. The average molecular weight is 307 g/mol. The molecule has 2 aromatic carbocycles. The van der Waals surface area contributed by atoms with E-state index in [1.807, 2.05) is 61.5 Å². The third-order valence-corrected chi connectivity index (χ3v) is 4.46. The molecular formula is C20H21NO2. The maximum absolute atomic E-state index is 12.4. The van der Waals surface area contributed by atoms with Crippen molar-refractivity contribution < 1.29 is 9.59 Å².